The molecule has 0 aliphatic heterocycles. The summed E-state index contributed by atoms with van der Waals surface area (Å²) in [6.45, 7) is 4.15. The SMILES string of the molecule is CC(C)COC(=O)N[C@@H](Cc1c[nH]c2ccccc12)C(=O)N/N=C\c1ccncc1. The summed E-state index contributed by atoms with van der Waals surface area (Å²) in [5, 5.41) is 7.63. The van der Waals surface area contributed by atoms with E-state index in [-0.39, 0.29) is 18.9 Å². The number of carbonyl (C=O) groups is 2. The number of amides is 2. The third kappa shape index (κ3) is 5.91. The molecule has 0 aliphatic carbocycles. The first-order valence-corrected chi connectivity index (χ1v) is 9.74. The number of aromatic amines is 1. The maximum absolute atomic E-state index is 12.8. The normalized spacial score (nSPS) is 12.2. The molecule has 8 heteroatoms. The van der Waals surface area contributed by atoms with Crippen LogP contribution >= 0.6 is 0 Å². The molecule has 0 saturated heterocycles. The second-order valence-electron chi connectivity index (χ2n) is 7.27. The van der Waals surface area contributed by atoms with Crippen molar-refractivity contribution in [3.8, 4) is 0 Å². The van der Waals surface area contributed by atoms with Crippen molar-refractivity contribution >= 4 is 29.1 Å². The Balaban J connectivity index is 1.71. The van der Waals surface area contributed by atoms with E-state index in [1.54, 1.807) is 24.5 Å². The fraction of sp³-hybridized carbons (Fsp3) is 0.273. The molecule has 0 spiro atoms. The van der Waals surface area contributed by atoms with E-state index in [1.165, 1.54) is 6.21 Å². The maximum Gasteiger partial charge on any atom is 0.407 e. The van der Waals surface area contributed by atoms with E-state index in [2.05, 4.69) is 25.8 Å². The third-order valence-electron chi connectivity index (χ3n) is 4.35. The molecule has 30 heavy (non-hydrogen) atoms. The van der Waals surface area contributed by atoms with Crippen LogP contribution in [0.3, 0.4) is 0 Å². The average molecular weight is 407 g/mol. The van der Waals surface area contributed by atoms with Crippen molar-refractivity contribution in [1.29, 1.82) is 0 Å². The zero-order valence-corrected chi connectivity index (χ0v) is 17.0. The lowest BCUT2D eigenvalue weighted by molar-refractivity contribution is -0.123. The standard InChI is InChI=1S/C22H25N5O3/c1-15(2)14-30-22(29)26-20(11-17-13-24-19-6-4-3-5-18(17)19)21(28)27-25-12-16-7-9-23-10-8-16/h3-10,12-13,15,20,24H,11,14H2,1-2H3,(H,26,29)(H,27,28)/b25-12-/t20-/m0/s1. The van der Waals surface area contributed by atoms with Gasteiger partial charge in [-0.1, -0.05) is 32.0 Å². The van der Waals surface area contributed by atoms with Crippen molar-refractivity contribution in [3.63, 3.8) is 0 Å². The molecule has 0 unspecified atom stereocenters. The Morgan fingerprint density at radius 3 is 2.73 bits per heavy atom. The first-order chi connectivity index (χ1) is 14.5. The highest BCUT2D eigenvalue weighted by Gasteiger charge is 2.23. The van der Waals surface area contributed by atoms with E-state index in [9.17, 15) is 9.59 Å². The molecule has 0 saturated carbocycles. The highest BCUT2D eigenvalue weighted by Crippen LogP contribution is 2.19. The van der Waals surface area contributed by atoms with Crippen LogP contribution in [0.2, 0.25) is 0 Å². The number of rotatable bonds is 8. The first-order valence-electron chi connectivity index (χ1n) is 9.74. The van der Waals surface area contributed by atoms with Crippen LogP contribution in [0, 0.1) is 5.92 Å². The molecule has 3 rings (SSSR count). The zero-order chi connectivity index (χ0) is 21.3. The van der Waals surface area contributed by atoms with Crippen LogP contribution in [0.4, 0.5) is 4.79 Å². The van der Waals surface area contributed by atoms with Gasteiger partial charge in [0.25, 0.3) is 5.91 Å². The number of pyridine rings is 1. The molecule has 3 N–H and O–H groups in total. The first kappa shape index (κ1) is 21.0. The smallest absolute Gasteiger partial charge is 0.407 e. The van der Waals surface area contributed by atoms with E-state index >= 15 is 0 Å². The topological polar surface area (TPSA) is 108 Å². The molecule has 0 fully saturated rings. The number of nitrogens with zero attached hydrogens (tertiary/aromatic N) is 2. The molecule has 3 aromatic rings. The monoisotopic (exact) mass is 407 g/mol. The Bertz CT molecular complexity index is 1010. The van der Waals surface area contributed by atoms with E-state index in [0.29, 0.717) is 0 Å². The highest BCUT2D eigenvalue weighted by molar-refractivity contribution is 5.89. The average Bonchev–Trinajstić information content (AvgIpc) is 3.15. The summed E-state index contributed by atoms with van der Waals surface area (Å²) in [4.78, 5) is 32.0. The van der Waals surface area contributed by atoms with Gasteiger partial charge in [-0.25, -0.2) is 10.2 Å². The number of nitrogens with one attached hydrogen (secondary N) is 3. The summed E-state index contributed by atoms with van der Waals surface area (Å²) in [6, 6.07) is 10.5. The van der Waals surface area contributed by atoms with Crippen molar-refractivity contribution in [1.82, 2.24) is 20.7 Å². The summed E-state index contributed by atoms with van der Waals surface area (Å²) in [5.74, 6) is -0.242. The molecule has 2 amide bonds. The number of H-pyrrole nitrogens is 1. The van der Waals surface area contributed by atoms with Crippen molar-refractivity contribution in [2.24, 2.45) is 11.0 Å². The Hall–Kier alpha value is -3.68. The van der Waals surface area contributed by atoms with Crippen molar-refractivity contribution in [2.75, 3.05) is 6.61 Å². The Kier molecular flexibility index (Phi) is 7.15. The van der Waals surface area contributed by atoms with Crippen molar-refractivity contribution in [2.45, 2.75) is 26.3 Å². The third-order valence-corrected chi connectivity index (χ3v) is 4.35. The molecule has 2 aromatic heterocycles. The molecular weight excluding hydrogens is 382 g/mol. The molecule has 0 aliphatic rings. The van der Waals surface area contributed by atoms with Gasteiger partial charge in [0.1, 0.15) is 6.04 Å². The minimum absolute atomic E-state index is 0.196. The van der Waals surface area contributed by atoms with Crippen molar-refractivity contribution < 1.29 is 14.3 Å². The number of ether oxygens (including phenoxy) is 1. The predicted octanol–water partition coefficient (Wildman–Crippen LogP) is 3.01. The molecule has 1 atom stereocenters. The van der Waals surface area contributed by atoms with E-state index < -0.39 is 18.0 Å². The number of hydrazone groups is 1. The Labute approximate surface area is 174 Å². The van der Waals surface area contributed by atoms with Gasteiger partial charge < -0.3 is 15.0 Å². The van der Waals surface area contributed by atoms with Gasteiger partial charge in [-0.2, -0.15) is 5.10 Å². The second-order valence-corrected chi connectivity index (χ2v) is 7.27. The van der Waals surface area contributed by atoms with Crippen LogP contribution in [0.25, 0.3) is 10.9 Å². The summed E-state index contributed by atoms with van der Waals surface area (Å²) < 4.78 is 5.18. The van der Waals surface area contributed by atoms with Gasteiger partial charge in [0.15, 0.2) is 0 Å². The van der Waals surface area contributed by atoms with Gasteiger partial charge in [-0.05, 0) is 35.2 Å². The Morgan fingerprint density at radius 2 is 1.97 bits per heavy atom. The summed E-state index contributed by atoms with van der Waals surface area (Å²) >= 11 is 0. The van der Waals surface area contributed by atoms with Crippen molar-refractivity contribution in [3.05, 3.63) is 66.1 Å². The minimum atomic E-state index is -0.849. The molecule has 1 aromatic carbocycles. The number of para-hydroxylation sites is 1. The van der Waals surface area contributed by atoms with Crippen LogP contribution in [-0.2, 0) is 16.0 Å². The molecule has 156 valence electrons. The van der Waals surface area contributed by atoms with Crippen LogP contribution in [-0.4, -0.2) is 40.8 Å². The molecule has 0 radical (unpaired) electrons. The number of hydrogen-bond acceptors (Lipinski definition) is 5. The van der Waals surface area contributed by atoms with E-state index in [0.717, 1.165) is 22.0 Å². The second kappa shape index (κ2) is 10.2. The highest BCUT2D eigenvalue weighted by atomic mass is 16.5. The zero-order valence-electron chi connectivity index (χ0n) is 17.0. The summed E-state index contributed by atoms with van der Waals surface area (Å²) in [5.41, 5.74) is 5.16. The molecule has 0 bridgehead atoms. The van der Waals surface area contributed by atoms with Gasteiger partial charge >= 0.3 is 6.09 Å². The number of alkyl carbamates (subject to hydrolysis) is 1. The van der Waals surface area contributed by atoms with Gasteiger partial charge in [-0.15, -0.1) is 0 Å². The van der Waals surface area contributed by atoms with Gasteiger partial charge in [0.05, 0.1) is 12.8 Å². The number of carbonyl (C=O) groups excluding carboxylic acids is 2. The molecule has 2 heterocycles. The lowest BCUT2D eigenvalue weighted by atomic mass is 10.0. The Morgan fingerprint density at radius 1 is 1.20 bits per heavy atom. The fourth-order valence-corrected chi connectivity index (χ4v) is 2.85. The van der Waals surface area contributed by atoms with Gasteiger partial charge in [0, 0.05) is 35.9 Å². The predicted molar refractivity (Wildman–Crippen MR) is 115 cm³/mol. The lowest BCUT2D eigenvalue weighted by Gasteiger charge is -2.17. The van der Waals surface area contributed by atoms with Gasteiger partial charge in [-0.3, -0.25) is 9.78 Å². The van der Waals surface area contributed by atoms with E-state index in [4.69, 9.17) is 4.74 Å². The molecule has 8 nitrogen and oxygen atoms in total. The summed E-state index contributed by atoms with van der Waals surface area (Å²) in [6.07, 6.45) is 6.27. The summed E-state index contributed by atoms with van der Waals surface area (Å²) in [7, 11) is 0. The largest absolute Gasteiger partial charge is 0.449 e. The quantitative estimate of drug-likeness (QED) is 0.394. The lowest BCUT2D eigenvalue weighted by Crippen LogP contribution is -2.47. The van der Waals surface area contributed by atoms with Gasteiger partial charge in [0.2, 0.25) is 0 Å². The fourth-order valence-electron chi connectivity index (χ4n) is 2.85. The number of aromatic nitrogens is 2. The van der Waals surface area contributed by atoms with Crippen LogP contribution in [0.1, 0.15) is 25.0 Å². The van der Waals surface area contributed by atoms with Crippen LogP contribution in [0.15, 0.2) is 60.1 Å². The number of hydrogen-bond donors (Lipinski definition) is 3. The van der Waals surface area contributed by atoms with Crippen LogP contribution in [0.5, 0.6) is 0 Å². The van der Waals surface area contributed by atoms with E-state index in [1.807, 2.05) is 44.3 Å². The maximum atomic E-state index is 12.8. The number of fused-ring (bicyclic) bond motifs is 1. The minimum Gasteiger partial charge on any atom is -0.449 e. The van der Waals surface area contributed by atoms with Crippen LogP contribution < -0.4 is 10.7 Å². The molecular formula is C22H25N5O3. The number of benzene rings is 1.